The highest BCUT2D eigenvalue weighted by atomic mass is 35.5. The number of nitriles is 1. The van der Waals surface area contributed by atoms with E-state index in [1.54, 1.807) is 6.07 Å². The maximum absolute atomic E-state index is 13.6. The number of nitrogens with zero attached hydrogens (tertiary/aromatic N) is 1. The van der Waals surface area contributed by atoms with Crippen LogP contribution >= 0.6 is 23.2 Å². The number of nitrogens with one attached hydrogen (secondary N) is 1. The van der Waals surface area contributed by atoms with Crippen molar-refractivity contribution in [1.82, 2.24) is 0 Å². The molecule has 2 aromatic rings. The Balaban J connectivity index is 2.40. The standard InChI is InChI=1S/C16H13Cl2FN2/c1-9-4-3-5-14(11(9)8-20)21-10(2)15-12(17)6-7-13(19)16(15)18/h3-7,10,21H,1-2H3. The molecule has 0 heterocycles. The van der Waals surface area contributed by atoms with Crippen LogP contribution in [0.5, 0.6) is 0 Å². The largest absolute Gasteiger partial charge is 0.377 e. The summed E-state index contributed by atoms with van der Waals surface area (Å²) in [6.45, 7) is 3.67. The smallest absolute Gasteiger partial charge is 0.142 e. The average Bonchev–Trinajstić information content (AvgIpc) is 2.44. The molecule has 0 fully saturated rings. The Labute approximate surface area is 133 Å². The quantitative estimate of drug-likeness (QED) is 0.759. The average molecular weight is 323 g/mol. The van der Waals surface area contributed by atoms with E-state index < -0.39 is 5.82 Å². The molecule has 1 atom stereocenters. The predicted octanol–water partition coefficient (Wildman–Crippen LogP) is 5.49. The van der Waals surface area contributed by atoms with Crippen LogP contribution in [0.4, 0.5) is 10.1 Å². The highest BCUT2D eigenvalue weighted by molar-refractivity contribution is 6.36. The molecule has 0 aliphatic carbocycles. The summed E-state index contributed by atoms with van der Waals surface area (Å²) in [7, 11) is 0. The van der Waals surface area contributed by atoms with Gasteiger partial charge in [-0.3, -0.25) is 0 Å². The van der Waals surface area contributed by atoms with Crippen LogP contribution in [0, 0.1) is 24.1 Å². The van der Waals surface area contributed by atoms with Gasteiger partial charge in [-0.25, -0.2) is 4.39 Å². The van der Waals surface area contributed by atoms with Gasteiger partial charge in [-0.2, -0.15) is 5.26 Å². The maximum Gasteiger partial charge on any atom is 0.142 e. The molecule has 0 saturated carbocycles. The van der Waals surface area contributed by atoms with Crippen LogP contribution in [0.2, 0.25) is 10.0 Å². The zero-order valence-corrected chi connectivity index (χ0v) is 13.1. The zero-order chi connectivity index (χ0) is 15.6. The molecular formula is C16H13Cl2FN2. The first-order valence-electron chi connectivity index (χ1n) is 6.35. The summed E-state index contributed by atoms with van der Waals surface area (Å²) in [6.07, 6.45) is 0. The lowest BCUT2D eigenvalue weighted by molar-refractivity contribution is 0.624. The van der Waals surface area contributed by atoms with Crippen molar-refractivity contribution in [1.29, 1.82) is 5.26 Å². The number of anilines is 1. The second kappa shape index (κ2) is 6.34. The zero-order valence-electron chi connectivity index (χ0n) is 11.5. The topological polar surface area (TPSA) is 35.8 Å². The Hall–Kier alpha value is -1.76. The van der Waals surface area contributed by atoms with Gasteiger partial charge in [-0.05, 0) is 37.6 Å². The van der Waals surface area contributed by atoms with Crippen molar-refractivity contribution in [3.8, 4) is 6.07 Å². The molecule has 0 saturated heterocycles. The van der Waals surface area contributed by atoms with Crippen molar-refractivity contribution in [3.05, 3.63) is 62.9 Å². The van der Waals surface area contributed by atoms with E-state index in [0.29, 0.717) is 21.8 Å². The third-order valence-electron chi connectivity index (χ3n) is 3.27. The molecule has 0 amide bonds. The van der Waals surface area contributed by atoms with Gasteiger partial charge in [-0.15, -0.1) is 0 Å². The van der Waals surface area contributed by atoms with Crippen molar-refractivity contribution in [2.24, 2.45) is 0 Å². The predicted molar refractivity (Wildman–Crippen MR) is 84.4 cm³/mol. The Morgan fingerprint density at radius 3 is 2.62 bits per heavy atom. The number of rotatable bonds is 3. The van der Waals surface area contributed by atoms with Gasteiger partial charge in [0.05, 0.1) is 22.3 Å². The van der Waals surface area contributed by atoms with Crippen molar-refractivity contribution in [2.75, 3.05) is 5.32 Å². The lowest BCUT2D eigenvalue weighted by atomic mass is 10.0. The third-order valence-corrected chi connectivity index (χ3v) is 3.98. The number of halogens is 3. The Morgan fingerprint density at radius 1 is 1.24 bits per heavy atom. The summed E-state index contributed by atoms with van der Waals surface area (Å²) in [5.74, 6) is -0.519. The summed E-state index contributed by atoms with van der Waals surface area (Å²) in [5, 5.41) is 12.8. The molecule has 0 bridgehead atoms. The second-order valence-corrected chi connectivity index (χ2v) is 5.52. The Bertz CT molecular complexity index is 723. The third kappa shape index (κ3) is 3.12. The molecule has 1 N–H and O–H groups in total. The summed E-state index contributed by atoms with van der Waals surface area (Å²) in [5.41, 5.74) is 2.56. The van der Waals surface area contributed by atoms with Gasteiger partial charge < -0.3 is 5.32 Å². The van der Waals surface area contributed by atoms with Gasteiger partial charge in [0.25, 0.3) is 0 Å². The van der Waals surface area contributed by atoms with Crippen molar-refractivity contribution in [3.63, 3.8) is 0 Å². The molecule has 2 rings (SSSR count). The van der Waals surface area contributed by atoms with E-state index in [1.165, 1.54) is 12.1 Å². The molecule has 0 aliphatic rings. The minimum atomic E-state index is -0.519. The van der Waals surface area contributed by atoms with E-state index in [-0.39, 0.29) is 11.1 Å². The highest BCUT2D eigenvalue weighted by Crippen LogP contribution is 2.34. The van der Waals surface area contributed by atoms with Gasteiger partial charge in [0.15, 0.2) is 0 Å². The van der Waals surface area contributed by atoms with Crippen LogP contribution in [0.3, 0.4) is 0 Å². The summed E-state index contributed by atoms with van der Waals surface area (Å²) in [6, 6.07) is 10.0. The fourth-order valence-corrected chi connectivity index (χ4v) is 2.88. The minimum Gasteiger partial charge on any atom is -0.377 e. The molecule has 2 nitrogen and oxygen atoms in total. The van der Waals surface area contributed by atoms with Crippen molar-refractivity contribution < 1.29 is 4.39 Å². The second-order valence-electron chi connectivity index (χ2n) is 4.73. The van der Waals surface area contributed by atoms with Crippen LogP contribution < -0.4 is 5.32 Å². The first-order chi connectivity index (χ1) is 9.95. The number of benzene rings is 2. The molecule has 5 heteroatoms. The molecular weight excluding hydrogens is 310 g/mol. The van der Waals surface area contributed by atoms with Crippen LogP contribution in [0.15, 0.2) is 30.3 Å². The number of aryl methyl sites for hydroxylation is 1. The highest BCUT2D eigenvalue weighted by Gasteiger charge is 2.18. The van der Waals surface area contributed by atoms with Crippen LogP contribution in [-0.4, -0.2) is 0 Å². The van der Waals surface area contributed by atoms with Gasteiger partial charge >= 0.3 is 0 Å². The number of hydrogen-bond acceptors (Lipinski definition) is 2. The van der Waals surface area contributed by atoms with Crippen LogP contribution in [0.25, 0.3) is 0 Å². The molecule has 1 unspecified atom stereocenters. The van der Waals surface area contributed by atoms with Gasteiger partial charge in [0.2, 0.25) is 0 Å². The van der Waals surface area contributed by atoms with E-state index in [9.17, 15) is 9.65 Å². The minimum absolute atomic E-state index is 0.00587. The summed E-state index contributed by atoms with van der Waals surface area (Å²) in [4.78, 5) is 0. The van der Waals surface area contributed by atoms with Crippen LogP contribution in [-0.2, 0) is 0 Å². The molecule has 0 radical (unpaired) electrons. The van der Waals surface area contributed by atoms with E-state index in [2.05, 4.69) is 11.4 Å². The molecule has 108 valence electrons. The fourth-order valence-electron chi connectivity index (χ4n) is 2.18. The number of hydrogen-bond donors (Lipinski definition) is 1. The first-order valence-corrected chi connectivity index (χ1v) is 7.11. The lowest BCUT2D eigenvalue weighted by Crippen LogP contribution is -2.10. The molecule has 0 aliphatic heterocycles. The van der Waals surface area contributed by atoms with E-state index in [4.69, 9.17) is 23.2 Å². The van der Waals surface area contributed by atoms with E-state index in [1.807, 2.05) is 26.0 Å². The van der Waals surface area contributed by atoms with Crippen LogP contribution in [0.1, 0.15) is 29.7 Å². The van der Waals surface area contributed by atoms with Gasteiger partial charge in [0.1, 0.15) is 11.9 Å². The molecule has 2 aromatic carbocycles. The van der Waals surface area contributed by atoms with Crippen molar-refractivity contribution >= 4 is 28.9 Å². The molecule has 0 spiro atoms. The van der Waals surface area contributed by atoms with E-state index >= 15 is 0 Å². The summed E-state index contributed by atoms with van der Waals surface area (Å²) >= 11 is 12.1. The molecule has 21 heavy (non-hydrogen) atoms. The fraction of sp³-hybridized carbons (Fsp3) is 0.188. The summed E-state index contributed by atoms with van der Waals surface area (Å²) < 4.78 is 13.6. The Morgan fingerprint density at radius 2 is 1.95 bits per heavy atom. The first kappa shape index (κ1) is 15.6. The SMILES string of the molecule is Cc1cccc(NC(C)c2c(Cl)ccc(F)c2Cl)c1C#N. The maximum atomic E-state index is 13.6. The Kier molecular flexibility index (Phi) is 4.72. The monoisotopic (exact) mass is 322 g/mol. The van der Waals surface area contributed by atoms with E-state index in [0.717, 1.165) is 5.56 Å². The van der Waals surface area contributed by atoms with Gasteiger partial charge in [-0.1, -0.05) is 35.3 Å². The lowest BCUT2D eigenvalue weighted by Gasteiger charge is -2.20. The van der Waals surface area contributed by atoms with Gasteiger partial charge in [0, 0.05) is 10.6 Å². The van der Waals surface area contributed by atoms with Crippen molar-refractivity contribution in [2.45, 2.75) is 19.9 Å². The normalized spacial score (nSPS) is 11.8. The molecule has 0 aromatic heterocycles.